The molecule has 5 heterocycles. The molecule has 0 saturated carbocycles. The van der Waals surface area contributed by atoms with Crippen LogP contribution >= 0.6 is 0 Å². The van der Waals surface area contributed by atoms with Gasteiger partial charge in [0.25, 0.3) is 0 Å². The number of hydrogen-bond donors (Lipinski definition) is 6. The van der Waals surface area contributed by atoms with E-state index in [4.69, 9.17) is 47.1 Å². The first-order valence-corrected chi connectivity index (χ1v) is 23.6. The van der Waals surface area contributed by atoms with Crippen LogP contribution < -0.4 is 39.0 Å². The molecule has 2 fully saturated rings. The van der Waals surface area contributed by atoms with Gasteiger partial charge in [-0.15, -0.1) is 16.6 Å². The number of ether oxygens (including phenoxy) is 3. The Labute approximate surface area is 418 Å². The van der Waals surface area contributed by atoms with Crippen LogP contribution in [-0.4, -0.2) is 193 Å². The summed E-state index contributed by atoms with van der Waals surface area (Å²) in [4.78, 5) is 61.9. The Morgan fingerprint density at radius 1 is 0.789 bits per heavy atom. The zero-order valence-electron chi connectivity index (χ0n) is 40.2. The van der Waals surface area contributed by atoms with Crippen LogP contribution in [0, 0.1) is 18.3 Å². The number of carbonyl (C=O) groups excluding carboxylic acids is 2. The van der Waals surface area contributed by atoms with E-state index in [1.54, 1.807) is 44.9 Å². The van der Waals surface area contributed by atoms with Crippen LogP contribution in [0.25, 0.3) is 0 Å². The highest BCUT2D eigenvalue weighted by molar-refractivity contribution is 5.82. The molecule has 8 N–H and O–H groups in total. The summed E-state index contributed by atoms with van der Waals surface area (Å²) < 4.78 is 19.4. The smallest absolute Gasteiger partial charge is 0.303 e. The largest absolute Gasteiger partial charge is 1.00 e. The van der Waals surface area contributed by atoms with Gasteiger partial charge in [0, 0.05) is 71.7 Å². The van der Waals surface area contributed by atoms with Gasteiger partial charge in [-0.2, -0.15) is 15.0 Å². The van der Waals surface area contributed by atoms with E-state index in [9.17, 15) is 29.7 Å². The molecule has 25 nitrogen and oxygen atoms in total. The van der Waals surface area contributed by atoms with Crippen LogP contribution in [0.1, 0.15) is 74.2 Å². The van der Waals surface area contributed by atoms with E-state index in [1.165, 1.54) is 10.9 Å². The first-order valence-electron chi connectivity index (χ1n) is 23.6. The third-order valence-corrected chi connectivity index (χ3v) is 12.3. The molecule has 2 aliphatic rings. The number of rotatable bonds is 27. The van der Waals surface area contributed by atoms with E-state index < -0.39 is 24.1 Å². The molecule has 3 aromatic heterocycles. The number of hydrogen-bond acceptors (Lipinski definition) is 20. The maximum atomic E-state index is 14.5. The van der Waals surface area contributed by atoms with Crippen molar-refractivity contribution in [3.05, 3.63) is 53.6 Å². The van der Waals surface area contributed by atoms with Gasteiger partial charge in [0.2, 0.25) is 29.7 Å². The fourth-order valence-electron chi connectivity index (χ4n) is 7.82. The highest BCUT2D eigenvalue weighted by atomic mass is 35.5. The van der Waals surface area contributed by atoms with Crippen LogP contribution in [0.15, 0.2) is 36.7 Å². The van der Waals surface area contributed by atoms with Gasteiger partial charge in [0.15, 0.2) is 0 Å². The topological polar surface area (TPSA) is 317 Å². The molecular formula is C45H66ClN16O9-. The second-order valence-corrected chi connectivity index (χ2v) is 17.1. The lowest BCUT2D eigenvalue weighted by Crippen LogP contribution is -3.00. The first-order chi connectivity index (χ1) is 33.9. The third kappa shape index (κ3) is 15.9. The van der Waals surface area contributed by atoms with Gasteiger partial charge < -0.3 is 78.3 Å². The minimum atomic E-state index is -1.06. The molecule has 26 heteroatoms. The van der Waals surface area contributed by atoms with Crippen LogP contribution in [0.5, 0.6) is 5.75 Å². The highest BCUT2D eigenvalue weighted by Gasteiger charge is 2.34. The summed E-state index contributed by atoms with van der Waals surface area (Å²) in [6.45, 7) is 9.00. The number of phenols is 1. The van der Waals surface area contributed by atoms with Gasteiger partial charge in [-0.1, -0.05) is 48.7 Å². The number of nitrogens with zero attached hydrogens (tertiary/aromatic N) is 13. The van der Waals surface area contributed by atoms with Gasteiger partial charge in [0.05, 0.1) is 69.8 Å². The molecule has 0 bridgehead atoms. The van der Waals surface area contributed by atoms with E-state index in [1.807, 2.05) is 9.80 Å². The number of aromatic hydroxyl groups is 1. The Morgan fingerprint density at radius 2 is 1.32 bits per heavy atom. The molecule has 0 aliphatic carbocycles. The molecular weight excluding hydrogens is 944 g/mol. The molecule has 0 radical (unpaired) electrons. The number of aliphatic hydroxyl groups excluding tert-OH is 1. The number of carbonyl (C=O) groups is 3. The number of carboxylic acid groups (broad SMARTS) is 1. The van der Waals surface area contributed by atoms with Crippen molar-refractivity contribution in [1.82, 2.24) is 54.7 Å². The number of phenolic OH excluding ortho intramolecular Hbond substituents is 1. The lowest BCUT2D eigenvalue weighted by molar-refractivity contribution is -0.139. The summed E-state index contributed by atoms with van der Waals surface area (Å²) in [5.41, 5.74) is 14.2. The van der Waals surface area contributed by atoms with Crippen molar-refractivity contribution < 1.29 is 56.3 Å². The quantitative estimate of drug-likeness (QED) is 0.0253. The SMILES string of the molecule is C#CCOCCOCCOCCNc1nc(N2CCN(C(=O)C(CCC(=O)O)n3cc(C(N)CO)nn3)CC2)nc(N2CCN(C(=O)C(Cc3ccc(O)cc3)n3cc(C(N)C(C)CC)nn3)CC2)n1.[Cl-]. The molecule has 5 unspecified atom stereocenters. The lowest BCUT2D eigenvalue weighted by Gasteiger charge is -2.38. The predicted molar refractivity (Wildman–Crippen MR) is 254 cm³/mol. The van der Waals surface area contributed by atoms with Crippen molar-refractivity contribution in [2.24, 2.45) is 17.4 Å². The van der Waals surface area contributed by atoms with E-state index in [0.717, 1.165) is 12.0 Å². The lowest BCUT2D eigenvalue weighted by atomic mass is 9.98. The Balaban J connectivity index is 0.00000937. The minimum absolute atomic E-state index is 0. The second-order valence-electron chi connectivity index (χ2n) is 17.1. The number of nitrogens with one attached hydrogen (secondary N) is 1. The number of carboxylic acids is 1. The molecule has 2 saturated heterocycles. The summed E-state index contributed by atoms with van der Waals surface area (Å²) in [5, 5.41) is 49.0. The molecule has 71 heavy (non-hydrogen) atoms. The Morgan fingerprint density at radius 3 is 1.89 bits per heavy atom. The van der Waals surface area contributed by atoms with Crippen molar-refractivity contribution in [2.45, 2.75) is 63.7 Å². The van der Waals surface area contributed by atoms with Crippen LogP contribution in [0.4, 0.5) is 17.8 Å². The number of piperazine rings is 2. The second kappa shape index (κ2) is 27.9. The fraction of sp³-hybridized carbons (Fsp3) is 0.600. The zero-order valence-corrected chi connectivity index (χ0v) is 41.0. The standard InChI is InChI=1S/C45H66N16O9.ClH/c1-4-21-68-23-25-70-26-24-69-22-12-48-43-49-44(58-17-13-56(14-18-58)41(66)37(10-11-39(64)65)60-28-35(52-54-60)34(46)30-62)51-45(50-43)59-19-15-57(16-20-59)42(67)38(27-32-6-8-33(63)9-7-32)61-29-36(53-55-61)40(47)31(3)5-2;/h1,6-9,28-29,31,34,37-38,40,62-63H,5,10-27,30,46-47H2,2-3H3,(H,64,65)(H,48,49,50,51);1H/p-1. The molecule has 0 spiro atoms. The van der Waals surface area contributed by atoms with E-state index in [0.29, 0.717) is 109 Å². The number of terminal acetylenes is 1. The summed E-state index contributed by atoms with van der Waals surface area (Å²) >= 11 is 0. The van der Waals surface area contributed by atoms with E-state index in [2.05, 4.69) is 45.7 Å². The van der Waals surface area contributed by atoms with Gasteiger partial charge in [-0.05, 0) is 30.0 Å². The molecule has 5 atom stereocenters. The number of anilines is 3. The maximum absolute atomic E-state index is 14.5. The van der Waals surface area contributed by atoms with Crippen LogP contribution in [0.2, 0.25) is 0 Å². The van der Waals surface area contributed by atoms with Crippen LogP contribution in [0.3, 0.4) is 0 Å². The number of aromatic nitrogens is 9. The summed E-state index contributed by atoms with van der Waals surface area (Å²) in [6, 6.07) is 3.92. The molecule has 4 aromatic rings. The van der Waals surface area contributed by atoms with Crippen molar-refractivity contribution >= 4 is 35.6 Å². The molecule has 1 aromatic carbocycles. The molecule has 6 rings (SSSR count). The minimum Gasteiger partial charge on any atom is -1.00 e. The number of aliphatic hydroxyl groups is 1. The third-order valence-electron chi connectivity index (χ3n) is 12.3. The van der Waals surface area contributed by atoms with Gasteiger partial charge in [-0.25, -0.2) is 9.36 Å². The number of aliphatic carboxylic acids is 1. The molecule has 388 valence electrons. The Hall–Kier alpha value is -6.27. The Bertz CT molecular complexity index is 2320. The molecule has 2 aliphatic heterocycles. The van der Waals surface area contributed by atoms with Gasteiger partial charge in [0.1, 0.15) is 30.1 Å². The average Bonchev–Trinajstić information content (AvgIpc) is 4.08. The summed E-state index contributed by atoms with van der Waals surface area (Å²) in [5.74, 6) is 2.26. The maximum Gasteiger partial charge on any atom is 0.303 e. The normalized spacial score (nSPS) is 16.1. The number of nitrogens with two attached hydrogens (primary N) is 2. The fourth-order valence-corrected chi connectivity index (χ4v) is 7.82. The van der Waals surface area contributed by atoms with E-state index in [-0.39, 0.29) is 86.8 Å². The number of benzene rings is 1. The number of amides is 2. The zero-order chi connectivity index (χ0) is 50.0. The monoisotopic (exact) mass is 1010 g/mol. The van der Waals surface area contributed by atoms with Gasteiger partial charge in [-0.3, -0.25) is 14.4 Å². The Kier molecular flexibility index (Phi) is 21.9. The van der Waals surface area contributed by atoms with Crippen molar-refractivity contribution in [3.63, 3.8) is 0 Å². The highest BCUT2D eigenvalue weighted by Crippen LogP contribution is 2.26. The van der Waals surface area contributed by atoms with Crippen molar-refractivity contribution in [3.8, 4) is 18.1 Å². The summed E-state index contributed by atoms with van der Waals surface area (Å²) in [6.07, 6.45) is 9.28. The van der Waals surface area contributed by atoms with E-state index >= 15 is 0 Å². The van der Waals surface area contributed by atoms with Crippen molar-refractivity contribution in [1.29, 1.82) is 0 Å². The van der Waals surface area contributed by atoms with Crippen LogP contribution in [-0.2, 0) is 35.0 Å². The predicted octanol–water partition coefficient (Wildman–Crippen LogP) is -3.22. The number of halogens is 1. The summed E-state index contributed by atoms with van der Waals surface area (Å²) in [7, 11) is 0. The average molecular weight is 1010 g/mol. The molecule has 2 amide bonds. The van der Waals surface area contributed by atoms with Crippen molar-refractivity contribution in [2.75, 3.05) is 120 Å². The first kappa shape index (κ1) is 55.7. The van der Waals surface area contributed by atoms with Gasteiger partial charge >= 0.3 is 5.97 Å².